The summed E-state index contributed by atoms with van der Waals surface area (Å²) in [6, 6.07) is 7.79. The Labute approximate surface area is 128 Å². The molecule has 0 N–H and O–H groups in total. The highest BCUT2D eigenvalue weighted by molar-refractivity contribution is 8.00. The molecule has 0 bridgehead atoms. The van der Waals surface area contributed by atoms with Gasteiger partial charge in [-0.25, -0.2) is 9.50 Å². The van der Waals surface area contributed by atoms with Crippen LogP contribution in [0.2, 0.25) is 0 Å². The van der Waals surface area contributed by atoms with Gasteiger partial charge in [0.25, 0.3) is 0 Å². The number of hydrogen-bond donors (Lipinski definition) is 0. The number of benzene rings is 1. The fourth-order valence-corrected chi connectivity index (χ4v) is 3.55. The third-order valence-corrected chi connectivity index (χ3v) is 5.08. The first-order chi connectivity index (χ1) is 10.3. The summed E-state index contributed by atoms with van der Waals surface area (Å²) in [5, 5.41) is 5.43. The molecule has 3 aromatic heterocycles. The number of hydrogen-bond acceptors (Lipinski definition) is 6. The van der Waals surface area contributed by atoms with E-state index < -0.39 is 0 Å². The van der Waals surface area contributed by atoms with E-state index in [0.29, 0.717) is 0 Å². The number of furan rings is 1. The monoisotopic (exact) mass is 317 g/mol. The lowest BCUT2D eigenvalue weighted by molar-refractivity contribution is 0.411. The molecule has 0 aliphatic heterocycles. The van der Waals surface area contributed by atoms with Crippen molar-refractivity contribution >= 4 is 39.0 Å². The van der Waals surface area contributed by atoms with Gasteiger partial charge < -0.3 is 9.15 Å². The van der Waals surface area contributed by atoms with Crippen LogP contribution in [0.1, 0.15) is 0 Å². The number of para-hydroxylation sites is 1. The number of nitrogens with zero attached hydrogens (tertiary/aromatic N) is 3. The maximum absolute atomic E-state index is 5.90. The Bertz CT molecular complexity index is 907. The minimum Gasteiger partial charge on any atom is -0.493 e. The molecule has 7 heteroatoms. The van der Waals surface area contributed by atoms with Gasteiger partial charge in [-0.3, -0.25) is 0 Å². The van der Waals surface area contributed by atoms with Crippen LogP contribution in [0.15, 0.2) is 39.2 Å². The quantitative estimate of drug-likeness (QED) is 0.536. The van der Waals surface area contributed by atoms with E-state index in [2.05, 4.69) is 10.1 Å². The molecule has 106 valence electrons. The molecule has 0 aliphatic rings. The molecule has 1 aromatic carbocycles. The van der Waals surface area contributed by atoms with Gasteiger partial charge in [0, 0.05) is 5.39 Å². The first-order valence-corrected chi connectivity index (χ1v) is 8.30. The van der Waals surface area contributed by atoms with Crippen LogP contribution in [0.4, 0.5) is 0 Å². The minimum absolute atomic E-state index is 0.720. The van der Waals surface area contributed by atoms with Crippen LogP contribution >= 0.6 is 23.1 Å². The average Bonchev–Trinajstić information content (AvgIpc) is 3.17. The molecule has 0 unspecified atom stereocenters. The molecule has 0 saturated heterocycles. The number of imidazole rings is 1. The van der Waals surface area contributed by atoms with Crippen LogP contribution in [-0.4, -0.2) is 28.0 Å². The van der Waals surface area contributed by atoms with Crippen molar-refractivity contribution in [3.63, 3.8) is 0 Å². The SMILES string of the molecule is COc1cccc2cc(-c3cn4nc(SC)sc4n3)oc12. The zero-order valence-electron chi connectivity index (χ0n) is 11.4. The van der Waals surface area contributed by atoms with E-state index in [9.17, 15) is 0 Å². The number of fused-ring (bicyclic) bond motifs is 2. The number of ether oxygens (including phenoxy) is 1. The van der Waals surface area contributed by atoms with Crippen molar-refractivity contribution in [1.29, 1.82) is 0 Å². The Balaban J connectivity index is 1.85. The second-order valence-electron chi connectivity index (χ2n) is 4.41. The number of rotatable bonds is 3. The highest BCUT2D eigenvalue weighted by Crippen LogP contribution is 2.33. The molecule has 0 atom stereocenters. The fraction of sp³-hybridized carbons (Fsp3) is 0.143. The van der Waals surface area contributed by atoms with Gasteiger partial charge in [0.15, 0.2) is 21.4 Å². The summed E-state index contributed by atoms with van der Waals surface area (Å²) in [4.78, 5) is 5.44. The van der Waals surface area contributed by atoms with E-state index >= 15 is 0 Å². The van der Waals surface area contributed by atoms with E-state index in [1.165, 1.54) is 0 Å². The molecule has 0 spiro atoms. The van der Waals surface area contributed by atoms with Crippen molar-refractivity contribution in [2.24, 2.45) is 0 Å². The number of methoxy groups -OCH3 is 1. The second kappa shape index (κ2) is 4.78. The molecular formula is C14H11N3O2S2. The molecule has 0 aliphatic carbocycles. The van der Waals surface area contributed by atoms with Gasteiger partial charge in [-0.05, 0) is 18.4 Å². The zero-order valence-corrected chi connectivity index (χ0v) is 13.0. The van der Waals surface area contributed by atoms with E-state index in [4.69, 9.17) is 9.15 Å². The maximum Gasteiger partial charge on any atom is 0.213 e. The van der Waals surface area contributed by atoms with Gasteiger partial charge >= 0.3 is 0 Å². The van der Waals surface area contributed by atoms with Crippen LogP contribution in [0.3, 0.4) is 0 Å². The first-order valence-electron chi connectivity index (χ1n) is 6.25. The summed E-state index contributed by atoms with van der Waals surface area (Å²) < 4.78 is 14.0. The van der Waals surface area contributed by atoms with Gasteiger partial charge in [-0.1, -0.05) is 35.2 Å². The second-order valence-corrected chi connectivity index (χ2v) is 6.42. The van der Waals surface area contributed by atoms with Crippen molar-refractivity contribution in [2.45, 2.75) is 4.34 Å². The molecule has 3 heterocycles. The summed E-state index contributed by atoms with van der Waals surface area (Å²) in [7, 11) is 1.64. The number of thioether (sulfide) groups is 1. The Hall–Kier alpha value is -1.99. The average molecular weight is 317 g/mol. The minimum atomic E-state index is 0.720. The van der Waals surface area contributed by atoms with Crippen LogP contribution < -0.4 is 4.74 Å². The Kier molecular flexibility index (Phi) is 2.90. The van der Waals surface area contributed by atoms with E-state index in [1.54, 1.807) is 34.7 Å². The van der Waals surface area contributed by atoms with Crippen LogP contribution in [-0.2, 0) is 0 Å². The van der Waals surface area contributed by atoms with Gasteiger partial charge in [-0.15, -0.1) is 5.10 Å². The summed E-state index contributed by atoms with van der Waals surface area (Å²) in [5.41, 5.74) is 1.52. The lowest BCUT2D eigenvalue weighted by Gasteiger charge is -1.98. The topological polar surface area (TPSA) is 52.6 Å². The van der Waals surface area contributed by atoms with Crippen molar-refractivity contribution in [3.05, 3.63) is 30.5 Å². The smallest absolute Gasteiger partial charge is 0.213 e. The summed E-state index contributed by atoms with van der Waals surface area (Å²) in [6.07, 6.45) is 3.89. The van der Waals surface area contributed by atoms with Crippen molar-refractivity contribution in [2.75, 3.05) is 13.4 Å². The van der Waals surface area contributed by atoms with Gasteiger partial charge in [0.05, 0.1) is 13.3 Å². The molecular weight excluding hydrogens is 306 g/mol. The molecule has 4 aromatic rings. The maximum atomic E-state index is 5.90. The van der Waals surface area contributed by atoms with E-state index in [1.807, 2.05) is 36.7 Å². The van der Waals surface area contributed by atoms with Crippen LogP contribution in [0.25, 0.3) is 27.4 Å². The largest absolute Gasteiger partial charge is 0.493 e. The van der Waals surface area contributed by atoms with Crippen molar-refractivity contribution in [3.8, 4) is 17.2 Å². The van der Waals surface area contributed by atoms with Crippen LogP contribution in [0.5, 0.6) is 5.75 Å². The molecule has 0 radical (unpaired) electrons. The first kappa shape index (κ1) is 12.7. The van der Waals surface area contributed by atoms with E-state index in [0.717, 1.165) is 37.5 Å². The zero-order chi connectivity index (χ0) is 14.4. The number of aromatic nitrogens is 3. The third-order valence-electron chi connectivity index (χ3n) is 3.18. The molecule has 0 amide bonds. The van der Waals surface area contributed by atoms with Gasteiger partial charge in [-0.2, -0.15) is 0 Å². The van der Waals surface area contributed by atoms with E-state index in [-0.39, 0.29) is 0 Å². The standard InChI is InChI=1S/C14H11N3O2S2/c1-18-10-5-3-4-8-6-11(19-12(8)10)9-7-17-13(15-9)21-14(16-17)20-2/h3-7H,1-2H3. The predicted molar refractivity (Wildman–Crippen MR) is 84.4 cm³/mol. The molecule has 5 nitrogen and oxygen atoms in total. The Morgan fingerprint density at radius 2 is 2.29 bits per heavy atom. The molecule has 0 saturated carbocycles. The summed E-state index contributed by atoms with van der Waals surface area (Å²) >= 11 is 3.18. The van der Waals surface area contributed by atoms with Crippen molar-refractivity contribution in [1.82, 2.24) is 14.6 Å². The molecule has 4 rings (SSSR count). The molecule has 21 heavy (non-hydrogen) atoms. The summed E-state index contributed by atoms with van der Waals surface area (Å²) in [5.74, 6) is 1.44. The Morgan fingerprint density at radius 1 is 1.38 bits per heavy atom. The highest BCUT2D eigenvalue weighted by Gasteiger charge is 2.14. The fourth-order valence-electron chi connectivity index (χ4n) is 2.21. The normalized spacial score (nSPS) is 11.5. The van der Waals surface area contributed by atoms with Gasteiger partial charge in [0.2, 0.25) is 4.96 Å². The lowest BCUT2D eigenvalue weighted by Crippen LogP contribution is -1.81. The van der Waals surface area contributed by atoms with Crippen molar-refractivity contribution < 1.29 is 9.15 Å². The highest BCUT2D eigenvalue weighted by atomic mass is 32.2. The third kappa shape index (κ3) is 2.00. The van der Waals surface area contributed by atoms with Crippen LogP contribution in [0, 0.1) is 0 Å². The Morgan fingerprint density at radius 3 is 3.05 bits per heavy atom. The summed E-state index contributed by atoms with van der Waals surface area (Å²) in [6.45, 7) is 0. The van der Waals surface area contributed by atoms with Gasteiger partial charge in [0.1, 0.15) is 5.69 Å². The molecule has 0 fully saturated rings. The predicted octanol–water partition coefficient (Wildman–Crippen LogP) is 3.93. The lowest BCUT2D eigenvalue weighted by atomic mass is 10.2.